The lowest BCUT2D eigenvalue weighted by Gasteiger charge is -2.18. The predicted molar refractivity (Wildman–Crippen MR) is 206 cm³/mol. The van der Waals surface area contributed by atoms with Gasteiger partial charge < -0.3 is 14.2 Å². The van der Waals surface area contributed by atoms with Gasteiger partial charge in [0.2, 0.25) is 0 Å². The van der Waals surface area contributed by atoms with Crippen molar-refractivity contribution in [2.45, 2.75) is 233 Å². The third-order valence-electron chi connectivity index (χ3n) is 9.47. The van der Waals surface area contributed by atoms with Crippen molar-refractivity contribution in [3.63, 3.8) is 0 Å². The van der Waals surface area contributed by atoms with Crippen LogP contribution in [0, 0.1) is 11.8 Å². The van der Waals surface area contributed by atoms with Gasteiger partial charge in [-0.05, 0) is 31.1 Å². The molecule has 0 aromatic rings. The molecule has 0 bridgehead atoms. The van der Waals surface area contributed by atoms with Crippen molar-refractivity contribution in [2.75, 3.05) is 13.2 Å². The summed E-state index contributed by atoms with van der Waals surface area (Å²) in [6.45, 7) is 11.2. The smallest absolute Gasteiger partial charge is 0.306 e. The van der Waals surface area contributed by atoms with Crippen LogP contribution in [0.15, 0.2) is 0 Å². The molecule has 0 aliphatic rings. The van der Waals surface area contributed by atoms with E-state index in [0.717, 1.165) is 69.6 Å². The zero-order chi connectivity index (χ0) is 36.2. The first-order valence-electron chi connectivity index (χ1n) is 21.2. The number of rotatable bonds is 37. The summed E-state index contributed by atoms with van der Waals surface area (Å²) >= 11 is 0. The van der Waals surface area contributed by atoms with Crippen LogP contribution < -0.4 is 0 Å². The second-order valence-corrected chi connectivity index (χ2v) is 15.6. The molecule has 1 atom stereocenters. The molecule has 0 aliphatic heterocycles. The van der Waals surface area contributed by atoms with Gasteiger partial charge in [0.25, 0.3) is 0 Å². The molecule has 0 aromatic heterocycles. The van der Waals surface area contributed by atoms with Gasteiger partial charge in [0.05, 0.1) is 0 Å². The number of hydrogen-bond donors (Lipinski definition) is 0. The van der Waals surface area contributed by atoms with Crippen molar-refractivity contribution in [2.24, 2.45) is 11.8 Å². The third kappa shape index (κ3) is 37.5. The molecule has 0 heterocycles. The first-order chi connectivity index (χ1) is 23.7. The van der Waals surface area contributed by atoms with Crippen LogP contribution in [-0.2, 0) is 28.6 Å². The summed E-state index contributed by atoms with van der Waals surface area (Å²) < 4.78 is 16.6. The largest absolute Gasteiger partial charge is 0.462 e. The lowest BCUT2D eigenvalue weighted by atomic mass is 10.0. The van der Waals surface area contributed by atoms with Crippen molar-refractivity contribution in [3.8, 4) is 0 Å². The third-order valence-corrected chi connectivity index (χ3v) is 9.47. The molecule has 0 saturated heterocycles. The molecule has 0 aliphatic carbocycles. The number of carbonyl (C=O) groups excluding carboxylic acids is 3. The van der Waals surface area contributed by atoms with Crippen LogP contribution in [0.5, 0.6) is 0 Å². The lowest BCUT2D eigenvalue weighted by Crippen LogP contribution is -2.30. The maximum atomic E-state index is 12.6. The van der Waals surface area contributed by atoms with Crippen LogP contribution in [-0.4, -0.2) is 37.2 Å². The van der Waals surface area contributed by atoms with E-state index < -0.39 is 6.10 Å². The highest BCUT2D eigenvalue weighted by Crippen LogP contribution is 2.16. The molecule has 0 radical (unpaired) electrons. The van der Waals surface area contributed by atoms with Gasteiger partial charge in [-0.15, -0.1) is 0 Å². The quantitative estimate of drug-likeness (QED) is 0.0366. The Morgan fingerprint density at radius 1 is 0.388 bits per heavy atom. The molecule has 0 unspecified atom stereocenters. The molecule has 290 valence electrons. The summed E-state index contributed by atoms with van der Waals surface area (Å²) in [5, 5.41) is 0. The standard InChI is InChI=1S/C43H82O6/c1-6-7-8-9-10-11-18-23-28-33-41(44)47-36-40(49-43(46)35-30-25-20-15-13-17-22-27-32-39(4)5)37-48-42(45)34-29-24-19-14-12-16-21-26-31-38(2)3/h38-40H,6-37H2,1-5H3/t40-/m1/s1. The van der Waals surface area contributed by atoms with E-state index in [1.807, 2.05) is 0 Å². The number of carbonyl (C=O) groups is 3. The highest BCUT2D eigenvalue weighted by atomic mass is 16.6. The monoisotopic (exact) mass is 695 g/mol. The van der Waals surface area contributed by atoms with Gasteiger partial charge in [-0.1, -0.05) is 189 Å². The van der Waals surface area contributed by atoms with Crippen molar-refractivity contribution in [1.29, 1.82) is 0 Å². The van der Waals surface area contributed by atoms with Crippen LogP contribution in [0.3, 0.4) is 0 Å². The van der Waals surface area contributed by atoms with Crippen molar-refractivity contribution < 1.29 is 28.6 Å². The molecule has 6 nitrogen and oxygen atoms in total. The molecular formula is C43H82O6. The SMILES string of the molecule is CCCCCCCCCCCC(=O)OC[C@H](COC(=O)CCCCCCCCCCC(C)C)OC(=O)CCCCCCCCCCC(C)C. The molecule has 6 heteroatoms. The van der Waals surface area contributed by atoms with E-state index in [2.05, 4.69) is 34.6 Å². The van der Waals surface area contributed by atoms with Gasteiger partial charge >= 0.3 is 17.9 Å². The maximum absolute atomic E-state index is 12.6. The highest BCUT2D eigenvalue weighted by molar-refractivity contribution is 5.71. The van der Waals surface area contributed by atoms with E-state index in [-0.39, 0.29) is 31.1 Å². The molecule has 0 rings (SSSR count). The van der Waals surface area contributed by atoms with Crippen molar-refractivity contribution in [3.05, 3.63) is 0 Å². The average Bonchev–Trinajstić information content (AvgIpc) is 3.06. The summed E-state index contributed by atoms with van der Waals surface area (Å²) in [6, 6.07) is 0. The molecular weight excluding hydrogens is 612 g/mol. The summed E-state index contributed by atoms with van der Waals surface area (Å²) in [5.74, 6) is 0.722. The molecule has 0 saturated carbocycles. The van der Waals surface area contributed by atoms with Crippen LogP contribution in [0.4, 0.5) is 0 Å². The van der Waals surface area contributed by atoms with Crippen LogP contribution in [0.2, 0.25) is 0 Å². The van der Waals surface area contributed by atoms with Gasteiger partial charge in [0, 0.05) is 19.3 Å². The van der Waals surface area contributed by atoms with E-state index in [9.17, 15) is 14.4 Å². The molecule has 0 aromatic carbocycles. The number of unbranched alkanes of at least 4 members (excludes halogenated alkanes) is 22. The minimum atomic E-state index is -0.759. The summed E-state index contributed by atoms with van der Waals surface area (Å²) in [7, 11) is 0. The zero-order valence-electron chi connectivity index (χ0n) is 33.3. The second kappa shape index (κ2) is 36.2. The molecule has 0 spiro atoms. The second-order valence-electron chi connectivity index (χ2n) is 15.6. The highest BCUT2D eigenvalue weighted by Gasteiger charge is 2.19. The van der Waals surface area contributed by atoms with Gasteiger partial charge in [0.1, 0.15) is 13.2 Å². The number of esters is 3. The van der Waals surface area contributed by atoms with Crippen LogP contribution >= 0.6 is 0 Å². The predicted octanol–water partition coefficient (Wildman–Crippen LogP) is 13.0. The fourth-order valence-electron chi connectivity index (χ4n) is 6.22. The van der Waals surface area contributed by atoms with E-state index >= 15 is 0 Å². The van der Waals surface area contributed by atoms with Crippen LogP contribution in [0.25, 0.3) is 0 Å². The average molecular weight is 695 g/mol. The molecule has 0 fully saturated rings. The van der Waals surface area contributed by atoms with E-state index in [0.29, 0.717) is 19.3 Å². The molecule has 0 amide bonds. The minimum absolute atomic E-state index is 0.0662. The topological polar surface area (TPSA) is 78.9 Å². The fraction of sp³-hybridized carbons (Fsp3) is 0.930. The Labute approximate surface area is 304 Å². The van der Waals surface area contributed by atoms with Crippen molar-refractivity contribution in [1.82, 2.24) is 0 Å². The Bertz CT molecular complexity index is 749. The zero-order valence-corrected chi connectivity index (χ0v) is 33.3. The maximum Gasteiger partial charge on any atom is 0.306 e. The number of hydrogen-bond acceptors (Lipinski definition) is 6. The normalized spacial score (nSPS) is 12.1. The van der Waals surface area contributed by atoms with Gasteiger partial charge in [0.15, 0.2) is 6.10 Å². The van der Waals surface area contributed by atoms with Crippen molar-refractivity contribution >= 4 is 17.9 Å². The van der Waals surface area contributed by atoms with Gasteiger partial charge in [-0.25, -0.2) is 0 Å². The minimum Gasteiger partial charge on any atom is -0.462 e. The first kappa shape index (κ1) is 47.4. The Morgan fingerprint density at radius 2 is 0.673 bits per heavy atom. The summed E-state index contributed by atoms with van der Waals surface area (Å²) in [5.41, 5.74) is 0. The van der Waals surface area contributed by atoms with Crippen LogP contribution in [0.1, 0.15) is 227 Å². The van der Waals surface area contributed by atoms with E-state index in [1.165, 1.54) is 116 Å². The summed E-state index contributed by atoms with van der Waals surface area (Å²) in [6.07, 6.45) is 32.4. The Balaban J connectivity index is 4.35. The number of ether oxygens (including phenoxy) is 3. The fourth-order valence-corrected chi connectivity index (χ4v) is 6.22. The molecule has 49 heavy (non-hydrogen) atoms. The Kier molecular flexibility index (Phi) is 35.0. The van der Waals surface area contributed by atoms with Gasteiger partial charge in [-0.2, -0.15) is 0 Å². The lowest BCUT2D eigenvalue weighted by molar-refractivity contribution is -0.167. The Hall–Kier alpha value is -1.59. The summed E-state index contributed by atoms with van der Waals surface area (Å²) in [4.78, 5) is 37.5. The van der Waals surface area contributed by atoms with Gasteiger partial charge in [-0.3, -0.25) is 14.4 Å². The molecule has 0 N–H and O–H groups in total. The van der Waals surface area contributed by atoms with E-state index in [1.54, 1.807) is 0 Å². The Morgan fingerprint density at radius 3 is 1.00 bits per heavy atom. The first-order valence-corrected chi connectivity index (χ1v) is 21.2. The van der Waals surface area contributed by atoms with E-state index in [4.69, 9.17) is 14.2 Å².